The molecule has 0 aromatic heterocycles. The van der Waals surface area contributed by atoms with Crippen LogP contribution in [-0.2, 0) is 52.6 Å². The van der Waals surface area contributed by atoms with E-state index in [0.717, 1.165) is 83.8 Å². The van der Waals surface area contributed by atoms with Crippen molar-refractivity contribution in [3.05, 3.63) is 82.9 Å². The van der Waals surface area contributed by atoms with E-state index in [4.69, 9.17) is 24.1 Å². The topological polar surface area (TPSA) is 158 Å². The predicted molar refractivity (Wildman–Crippen MR) is 280 cm³/mol. The number of halogens is 6. The normalized spacial score (nSPS) is 19.0. The molecule has 4 aromatic carbocycles. The molecule has 1 heterocycles. The van der Waals surface area contributed by atoms with Crippen LogP contribution in [0.3, 0.4) is 0 Å². The number of benzene rings is 4. The molecule has 0 amide bonds. The van der Waals surface area contributed by atoms with E-state index in [1.807, 2.05) is 0 Å². The van der Waals surface area contributed by atoms with Crippen LogP contribution < -0.4 is 44.1 Å². The number of esters is 1. The van der Waals surface area contributed by atoms with Crippen molar-refractivity contribution in [2.45, 2.75) is 165 Å². The SMILES string of the molecule is CC(=O)OOC(C)=O.CC(=O)[O-].CC(C)(C)C1CCC(Oc2cc(C(F)(F)F)c3ccccc3c2C=O)CC1.CCOC(=O)C1CCN(Cc2c(OC3CCC(C(C)(C)C)CC3)cc(C(F)(F)F)c3ccccc23)CC1.[B].[Na+]. The zero-order chi connectivity index (χ0) is 56.8. The Bertz CT molecular complexity index is 2570. The molecule has 20 heteroatoms. The first kappa shape index (κ1) is 69.3. The van der Waals surface area contributed by atoms with Gasteiger partial charge in [0.15, 0.2) is 6.29 Å². The third-order valence-corrected chi connectivity index (χ3v) is 14.1. The molecular weight excluding hydrogens is 1030 g/mol. The Morgan fingerprint density at radius 1 is 0.615 bits per heavy atom. The minimum Gasteiger partial charge on any atom is -0.550 e. The molecule has 2 aliphatic carbocycles. The van der Waals surface area contributed by atoms with Gasteiger partial charge in [0.1, 0.15) is 11.5 Å². The number of carboxylic acid groups (broad SMARTS) is 1. The minimum absolute atomic E-state index is 0. The predicted octanol–water partition coefficient (Wildman–Crippen LogP) is 9.68. The second-order valence-electron chi connectivity index (χ2n) is 21.8. The number of hydrogen-bond acceptors (Lipinski definition) is 12. The Balaban J connectivity index is 0.000000444. The summed E-state index contributed by atoms with van der Waals surface area (Å²) in [4.78, 5) is 62.3. The zero-order valence-electron chi connectivity index (χ0n) is 46.9. The number of likely N-dealkylation sites (tertiary alicyclic amines) is 1. The number of aliphatic carboxylic acids is 1. The summed E-state index contributed by atoms with van der Waals surface area (Å²) in [5, 5.41) is 9.98. The molecular formula is C58H74BF6NNaO11. The van der Waals surface area contributed by atoms with Gasteiger partial charge in [0.25, 0.3) is 0 Å². The second kappa shape index (κ2) is 30.7. The van der Waals surface area contributed by atoms with Gasteiger partial charge in [-0.05, 0) is 147 Å². The molecule has 12 nitrogen and oxygen atoms in total. The van der Waals surface area contributed by atoms with Gasteiger partial charge in [-0.3, -0.25) is 14.5 Å². The number of fused-ring (bicyclic) bond motifs is 2. The Morgan fingerprint density at radius 3 is 1.36 bits per heavy atom. The molecule has 0 bridgehead atoms. The van der Waals surface area contributed by atoms with Crippen LogP contribution >= 0.6 is 0 Å². The number of hydrogen-bond donors (Lipinski definition) is 0. The zero-order valence-corrected chi connectivity index (χ0v) is 48.9. The van der Waals surface area contributed by atoms with Crippen LogP contribution in [0.5, 0.6) is 11.5 Å². The van der Waals surface area contributed by atoms with Crippen molar-refractivity contribution in [2.75, 3.05) is 19.7 Å². The number of carbonyl (C=O) groups is 5. The second-order valence-corrected chi connectivity index (χ2v) is 21.8. The van der Waals surface area contributed by atoms with Crippen molar-refractivity contribution in [1.82, 2.24) is 4.90 Å². The van der Waals surface area contributed by atoms with Crippen LogP contribution in [0, 0.1) is 28.6 Å². The number of carboxylic acids is 1. The number of alkyl halides is 6. The van der Waals surface area contributed by atoms with E-state index in [0.29, 0.717) is 68.3 Å². The Kier molecular flexibility index (Phi) is 27.2. The maximum absolute atomic E-state index is 14.1. The van der Waals surface area contributed by atoms with Crippen LogP contribution in [0.25, 0.3) is 21.5 Å². The van der Waals surface area contributed by atoms with Gasteiger partial charge in [-0.25, -0.2) is 19.4 Å². The van der Waals surface area contributed by atoms with Crippen molar-refractivity contribution < 1.29 is 109 Å². The van der Waals surface area contributed by atoms with E-state index in [9.17, 15) is 45.5 Å². The first-order chi connectivity index (χ1) is 35.4. The summed E-state index contributed by atoms with van der Waals surface area (Å²) in [7, 11) is 0. The molecule has 4 aromatic rings. The van der Waals surface area contributed by atoms with Gasteiger partial charge in [0.2, 0.25) is 0 Å². The van der Waals surface area contributed by atoms with Gasteiger partial charge in [-0.1, -0.05) is 90.1 Å². The molecule has 0 unspecified atom stereocenters. The first-order valence-corrected chi connectivity index (χ1v) is 25.9. The molecule has 0 N–H and O–H groups in total. The quantitative estimate of drug-likeness (QED) is 0.0391. The summed E-state index contributed by atoms with van der Waals surface area (Å²) in [5.74, 6) is -1.08. The maximum Gasteiger partial charge on any atom is 1.00 e. The molecule has 1 aliphatic heterocycles. The average Bonchev–Trinajstić information content (AvgIpc) is 3.33. The number of nitrogens with zero attached hydrogens (tertiary/aromatic N) is 1. The standard InChI is InChI=1S/C30H40F3NO3.C22H25F3O2.C4H6O4.C2H4O2.B.Na/c1-5-36-28(35)20-14-16-34(17-15-20)19-25-23-8-6-7-9-24(23)26(30(31,32)33)18-27(25)37-22-12-10-21(11-13-22)29(2,3)4;1-21(2,3)14-8-10-15(11-9-14)27-20-12-19(22(23,24)25)17-7-5-4-6-16(17)18(20)13-26;1-3(5)7-8-4(2)6;1-2(3)4;;/h6-9,18,20-22H,5,10-17,19H2,1-4H3;4-7,12-15H,8-11H2,1-3H3;1-2H3;1H3,(H,3,4);;/q;;;;;+1/p-1. The van der Waals surface area contributed by atoms with Crippen LogP contribution in [-0.4, -0.2) is 75.4 Å². The summed E-state index contributed by atoms with van der Waals surface area (Å²) < 4.78 is 101. The van der Waals surface area contributed by atoms with Gasteiger partial charge in [0, 0.05) is 40.3 Å². The molecule has 0 spiro atoms. The van der Waals surface area contributed by atoms with Crippen LogP contribution in [0.4, 0.5) is 26.3 Å². The van der Waals surface area contributed by atoms with Crippen molar-refractivity contribution in [3.63, 3.8) is 0 Å². The molecule has 0 atom stereocenters. The summed E-state index contributed by atoms with van der Waals surface area (Å²) in [5.41, 5.74) is 0.0183. The Morgan fingerprint density at radius 2 is 0.987 bits per heavy atom. The molecule has 2 saturated carbocycles. The fraction of sp³-hybridized carbons (Fsp3) is 0.569. The first-order valence-electron chi connectivity index (χ1n) is 25.9. The van der Waals surface area contributed by atoms with Crippen molar-refractivity contribution in [3.8, 4) is 11.5 Å². The maximum atomic E-state index is 14.1. The van der Waals surface area contributed by atoms with E-state index >= 15 is 0 Å². The number of ether oxygens (including phenoxy) is 3. The van der Waals surface area contributed by atoms with Gasteiger partial charge < -0.3 is 24.1 Å². The van der Waals surface area contributed by atoms with E-state index < -0.39 is 41.4 Å². The summed E-state index contributed by atoms with van der Waals surface area (Å²) in [6.07, 6.45) is -0.0130. The minimum atomic E-state index is -4.51. The van der Waals surface area contributed by atoms with E-state index in [2.05, 4.69) is 56.2 Å². The number of rotatable bonds is 9. The summed E-state index contributed by atoms with van der Waals surface area (Å²) >= 11 is 0. The molecule has 78 heavy (non-hydrogen) atoms. The average molecular weight is 1110 g/mol. The molecule has 3 fully saturated rings. The Labute approximate surface area is 478 Å². The van der Waals surface area contributed by atoms with Crippen molar-refractivity contribution in [1.29, 1.82) is 0 Å². The molecule has 3 radical (unpaired) electrons. The van der Waals surface area contributed by atoms with Crippen molar-refractivity contribution >= 4 is 60.1 Å². The van der Waals surface area contributed by atoms with Gasteiger partial charge >= 0.3 is 59.8 Å². The fourth-order valence-electron chi connectivity index (χ4n) is 10.1. The van der Waals surface area contributed by atoms with Gasteiger partial charge in [-0.2, -0.15) is 26.3 Å². The molecule has 423 valence electrons. The Hall–Kier alpha value is -4.85. The third-order valence-electron chi connectivity index (χ3n) is 14.1. The van der Waals surface area contributed by atoms with E-state index in [1.54, 1.807) is 43.3 Å². The molecule has 7 rings (SSSR count). The van der Waals surface area contributed by atoms with E-state index in [-0.39, 0.29) is 100 Å². The molecule has 1 saturated heterocycles. The molecule has 3 aliphatic rings. The number of aldehydes is 1. The number of piperidine rings is 1. The van der Waals surface area contributed by atoms with Crippen LogP contribution in [0.1, 0.15) is 160 Å². The van der Waals surface area contributed by atoms with Gasteiger partial charge in [-0.15, -0.1) is 0 Å². The van der Waals surface area contributed by atoms with Gasteiger partial charge in [0.05, 0.1) is 41.4 Å². The summed E-state index contributed by atoms with van der Waals surface area (Å²) in [6, 6.07) is 15.1. The van der Waals surface area contributed by atoms with E-state index in [1.165, 1.54) is 18.2 Å². The number of carbonyl (C=O) groups excluding carboxylic acids is 5. The monoisotopic (exact) mass is 1110 g/mol. The third kappa shape index (κ3) is 21.0. The largest absolute Gasteiger partial charge is 1.00 e. The smallest absolute Gasteiger partial charge is 0.550 e. The summed E-state index contributed by atoms with van der Waals surface area (Å²) in [6.45, 7) is 20.7. The van der Waals surface area contributed by atoms with Crippen LogP contribution in [0.2, 0.25) is 0 Å². The van der Waals surface area contributed by atoms with Crippen molar-refractivity contribution in [2.24, 2.45) is 28.6 Å². The fourth-order valence-corrected chi connectivity index (χ4v) is 10.1. The van der Waals surface area contributed by atoms with Crippen LogP contribution in [0.15, 0.2) is 60.7 Å².